The van der Waals surface area contributed by atoms with Gasteiger partial charge in [-0.1, -0.05) is 84.0 Å². The summed E-state index contributed by atoms with van der Waals surface area (Å²) in [6.07, 6.45) is 10.1. The predicted molar refractivity (Wildman–Crippen MR) is 173 cm³/mol. The van der Waals surface area contributed by atoms with Crippen molar-refractivity contribution < 1.29 is 19.2 Å². The molecule has 2 aliphatic rings. The molecule has 2 heterocycles. The minimum absolute atomic E-state index is 0.0367. The zero-order valence-electron chi connectivity index (χ0n) is 23.8. The summed E-state index contributed by atoms with van der Waals surface area (Å²) >= 11 is 9.93. The first kappa shape index (κ1) is 32.0. The molecule has 10 heteroatoms. The molecule has 0 bridgehead atoms. The molecule has 0 radical (unpaired) electrons. The summed E-state index contributed by atoms with van der Waals surface area (Å²) < 4.78 is 0. The third kappa shape index (κ3) is 8.25. The molecule has 216 valence electrons. The van der Waals surface area contributed by atoms with Crippen molar-refractivity contribution in [3.8, 4) is 0 Å². The van der Waals surface area contributed by atoms with E-state index >= 15 is 0 Å². The Labute approximate surface area is 256 Å². The van der Waals surface area contributed by atoms with Gasteiger partial charge >= 0.3 is 0 Å². The molecule has 0 saturated carbocycles. The number of rotatable bonds is 6. The fourth-order valence-corrected chi connectivity index (χ4v) is 4.50. The smallest absolute Gasteiger partial charge is 0.265 e. The van der Waals surface area contributed by atoms with E-state index in [2.05, 4.69) is 10.6 Å². The first-order valence-electron chi connectivity index (χ1n) is 13.3. The van der Waals surface area contributed by atoms with Gasteiger partial charge in [-0.3, -0.25) is 39.6 Å². The minimum Gasteiger partial charge on any atom is -0.299 e. The van der Waals surface area contributed by atoms with Crippen LogP contribution >= 0.6 is 24.4 Å². The van der Waals surface area contributed by atoms with Crippen LogP contribution in [0, 0.1) is 13.8 Å². The molecule has 0 aliphatic carbocycles. The topological polar surface area (TPSA) is 98.8 Å². The summed E-state index contributed by atoms with van der Waals surface area (Å²) in [7, 11) is 0. The van der Waals surface area contributed by atoms with Gasteiger partial charge in [0.05, 0.1) is 0 Å². The first-order chi connectivity index (χ1) is 20.0. The summed E-state index contributed by atoms with van der Waals surface area (Å²) in [6, 6.07) is 15.9. The van der Waals surface area contributed by atoms with Crippen molar-refractivity contribution in [2.24, 2.45) is 0 Å². The highest BCUT2D eigenvalue weighted by Crippen LogP contribution is 2.18. The molecule has 0 spiro atoms. The molecule has 0 atom stereocenters. The monoisotopic (exact) mass is 600 g/mol. The number of carbonyl (C=O) groups is 4. The normalized spacial score (nSPS) is 15.6. The lowest BCUT2D eigenvalue weighted by molar-refractivity contribution is -0.133. The van der Waals surface area contributed by atoms with Gasteiger partial charge in [-0.25, -0.2) is 0 Å². The lowest BCUT2D eigenvalue weighted by Gasteiger charge is -2.35. The number of hydrogen-bond donors (Lipinski definition) is 2. The zero-order valence-corrected chi connectivity index (χ0v) is 25.5. The van der Waals surface area contributed by atoms with Gasteiger partial charge in [0.1, 0.15) is 11.1 Å². The van der Waals surface area contributed by atoms with Crippen LogP contribution in [0.4, 0.5) is 0 Å². The Kier molecular flexibility index (Phi) is 11.3. The Hall–Kier alpha value is -4.54. The number of allylic oxidation sites excluding steroid dienone is 4. The number of nitrogens with one attached hydrogen (secondary N) is 2. The minimum atomic E-state index is -0.484. The highest BCUT2D eigenvalue weighted by Gasteiger charge is 2.37. The Balaban J connectivity index is 0.000000235. The number of amides is 4. The molecular formula is C32H32N4O4S2. The van der Waals surface area contributed by atoms with Crippen molar-refractivity contribution in [3.63, 3.8) is 0 Å². The Bertz CT molecular complexity index is 1470. The standard InChI is InChI=1S/C18H20N2O2S.C14H12N2O2S/c1-4-19-16(21)15(17(22)20(5-2)18(19)23)8-6-7-14-11-9-13(3)10-12-14;1-9-5-7-10(8-6-9)3-2-4-11-12(17)15-14(19)16-13(11)18/h6-12H,4-5H2,1-3H3;2-8H,1H3,(H2,15,16,17,18,19)/b7-6+;3-2+. The summed E-state index contributed by atoms with van der Waals surface area (Å²) in [4.78, 5) is 50.8. The van der Waals surface area contributed by atoms with E-state index < -0.39 is 11.8 Å². The van der Waals surface area contributed by atoms with E-state index in [9.17, 15) is 19.2 Å². The van der Waals surface area contributed by atoms with Crippen LogP contribution in [0.25, 0.3) is 12.2 Å². The second-order valence-electron chi connectivity index (χ2n) is 9.32. The Morgan fingerprint density at radius 1 is 0.643 bits per heavy atom. The van der Waals surface area contributed by atoms with Crippen LogP contribution in [-0.4, -0.2) is 56.7 Å². The van der Waals surface area contributed by atoms with Gasteiger partial charge in [0, 0.05) is 13.1 Å². The van der Waals surface area contributed by atoms with E-state index in [4.69, 9.17) is 24.4 Å². The summed E-state index contributed by atoms with van der Waals surface area (Å²) in [5, 5.41) is 5.07. The van der Waals surface area contributed by atoms with Crippen molar-refractivity contribution in [1.29, 1.82) is 0 Å². The van der Waals surface area contributed by atoms with Crippen LogP contribution in [0.1, 0.15) is 36.1 Å². The van der Waals surface area contributed by atoms with Crippen LogP contribution < -0.4 is 10.6 Å². The maximum atomic E-state index is 12.4. The SMILES string of the molecule is CCN1C(=O)C(=C/C=C/c2ccc(C)cc2)C(=O)N(CC)C1=S.Cc1ccc(/C=C/C=C2C(=O)NC(=S)NC2=O)cc1. The highest BCUT2D eigenvalue weighted by molar-refractivity contribution is 7.80. The summed E-state index contributed by atoms with van der Waals surface area (Å²) in [5.41, 5.74) is 4.55. The van der Waals surface area contributed by atoms with Gasteiger partial charge in [-0.05, 0) is 75.4 Å². The van der Waals surface area contributed by atoms with Gasteiger partial charge in [-0.15, -0.1) is 0 Å². The highest BCUT2D eigenvalue weighted by atomic mass is 32.1. The lowest BCUT2D eigenvalue weighted by Crippen LogP contribution is -2.55. The van der Waals surface area contributed by atoms with Crippen LogP contribution in [-0.2, 0) is 19.2 Å². The summed E-state index contributed by atoms with van der Waals surface area (Å²) in [6.45, 7) is 8.60. The average Bonchev–Trinajstić information content (AvgIpc) is 2.95. The van der Waals surface area contributed by atoms with Gasteiger partial charge in [0.25, 0.3) is 23.6 Å². The molecule has 4 amide bonds. The van der Waals surface area contributed by atoms with Crippen molar-refractivity contribution in [2.75, 3.05) is 13.1 Å². The van der Waals surface area contributed by atoms with Crippen molar-refractivity contribution in [2.45, 2.75) is 27.7 Å². The number of carbonyl (C=O) groups excluding carboxylic acids is 4. The predicted octanol–water partition coefficient (Wildman–Crippen LogP) is 4.40. The van der Waals surface area contributed by atoms with Gasteiger partial charge in [-0.2, -0.15) is 0 Å². The number of benzene rings is 2. The fourth-order valence-electron chi connectivity index (χ4n) is 3.89. The molecule has 0 aromatic heterocycles. The molecular weight excluding hydrogens is 569 g/mol. The zero-order chi connectivity index (χ0) is 30.8. The van der Waals surface area contributed by atoms with E-state index in [0.29, 0.717) is 13.1 Å². The molecule has 42 heavy (non-hydrogen) atoms. The number of aryl methyl sites for hydroxylation is 2. The molecule has 2 aromatic carbocycles. The third-order valence-electron chi connectivity index (χ3n) is 6.25. The first-order valence-corrected chi connectivity index (χ1v) is 14.1. The average molecular weight is 601 g/mol. The van der Waals surface area contributed by atoms with Gasteiger partial charge < -0.3 is 0 Å². The van der Waals surface area contributed by atoms with Crippen LogP contribution in [0.15, 0.2) is 84.0 Å². The Morgan fingerprint density at radius 3 is 1.40 bits per heavy atom. The van der Waals surface area contributed by atoms with Crippen LogP contribution in [0.5, 0.6) is 0 Å². The van der Waals surface area contributed by atoms with E-state index in [1.165, 1.54) is 27.0 Å². The van der Waals surface area contributed by atoms with Crippen LogP contribution in [0.3, 0.4) is 0 Å². The fraction of sp³-hybridized carbons (Fsp3) is 0.188. The van der Waals surface area contributed by atoms with E-state index in [1.54, 1.807) is 18.2 Å². The van der Waals surface area contributed by atoms with Crippen LogP contribution in [0.2, 0.25) is 0 Å². The molecule has 4 rings (SSSR count). The largest absolute Gasteiger partial charge is 0.299 e. The number of likely N-dealkylation sites (N-methyl/N-ethyl adjacent to an activating group) is 2. The molecule has 0 unspecified atom stereocenters. The van der Waals surface area contributed by atoms with Gasteiger partial charge in [0.15, 0.2) is 10.2 Å². The molecule has 8 nitrogen and oxygen atoms in total. The van der Waals surface area contributed by atoms with E-state index in [-0.39, 0.29) is 33.2 Å². The van der Waals surface area contributed by atoms with E-state index in [0.717, 1.165) is 11.1 Å². The molecule has 2 N–H and O–H groups in total. The maximum absolute atomic E-state index is 12.4. The quantitative estimate of drug-likeness (QED) is 0.290. The second-order valence-corrected chi connectivity index (χ2v) is 10.1. The van der Waals surface area contributed by atoms with Crippen molar-refractivity contribution in [1.82, 2.24) is 20.4 Å². The van der Waals surface area contributed by atoms with Crippen molar-refractivity contribution in [3.05, 3.63) is 106 Å². The maximum Gasteiger partial charge on any atom is 0.265 e. The Morgan fingerprint density at radius 2 is 1.02 bits per heavy atom. The second kappa shape index (κ2) is 14.9. The molecule has 2 aromatic rings. The number of hydrogen-bond acceptors (Lipinski definition) is 6. The summed E-state index contributed by atoms with van der Waals surface area (Å²) in [5.74, 6) is -1.63. The van der Waals surface area contributed by atoms with E-state index in [1.807, 2.05) is 88.4 Å². The molecule has 2 aliphatic heterocycles. The van der Waals surface area contributed by atoms with Crippen molar-refractivity contribution >= 4 is 70.4 Å². The lowest BCUT2D eigenvalue weighted by atomic mass is 10.1. The molecule has 2 fully saturated rings. The third-order valence-corrected chi connectivity index (χ3v) is 6.89. The number of nitrogens with zero attached hydrogens (tertiary/aromatic N) is 2. The van der Waals surface area contributed by atoms with Gasteiger partial charge in [0.2, 0.25) is 0 Å². The number of thiocarbonyl (C=S) groups is 2. The molecule has 2 saturated heterocycles.